The van der Waals surface area contributed by atoms with Crippen molar-refractivity contribution in [1.82, 2.24) is 0 Å². The predicted octanol–water partition coefficient (Wildman–Crippen LogP) is 3.16. The third-order valence-electron chi connectivity index (χ3n) is 4.63. The van der Waals surface area contributed by atoms with Gasteiger partial charge in [0.2, 0.25) is 0 Å². The molecule has 3 nitrogen and oxygen atoms in total. The lowest BCUT2D eigenvalue weighted by Crippen LogP contribution is -2.36. The van der Waals surface area contributed by atoms with Gasteiger partial charge in [-0.1, -0.05) is 18.2 Å². The Bertz CT molecular complexity index is 649. The summed E-state index contributed by atoms with van der Waals surface area (Å²) >= 11 is 0. The molecule has 0 aromatic heterocycles. The van der Waals surface area contributed by atoms with Crippen molar-refractivity contribution in [2.75, 3.05) is 0 Å². The molecule has 3 rings (SSSR count). The smallest absolute Gasteiger partial charge is 0.263 e. The fraction of sp³-hybridized carbons (Fsp3) is 0.533. The van der Waals surface area contributed by atoms with Crippen molar-refractivity contribution in [1.29, 1.82) is 0 Å². The molecule has 2 saturated heterocycles. The second-order valence-corrected chi connectivity index (χ2v) is 8.38. The number of carbonyl (C=O) groups is 1. The zero-order valence-electron chi connectivity index (χ0n) is 11.3. The number of halogens is 2. The molecular weight excluding hydrogens is 298 g/mol. The molecule has 1 aromatic carbocycles. The van der Waals surface area contributed by atoms with E-state index < -0.39 is 26.8 Å². The van der Waals surface area contributed by atoms with Crippen molar-refractivity contribution in [2.45, 2.75) is 42.6 Å². The molecule has 6 heteroatoms. The van der Waals surface area contributed by atoms with Gasteiger partial charge < -0.3 is 0 Å². The van der Waals surface area contributed by atoms with E-state index in [4.69, 9.17) is 0 Å². The van der Waals surface area contributed by atoms with E-state index in [0.29, 0.717) is 25.7 Å². The van der Waals surface area contributed by atoms with Crippen LogP contribution in [0.2, 0.25) is 0 Å². The zero-order chi connectivity index (χ0) is 15.2. The van der Waals surface area contributed by atoms with Crippen LogP contribution in [0.4, 0.5) is 8.78 Å². The standard InChI is InChI=1S/C15H16F2O3S/c16-15(17)10-3-1-2-9(6-10)14(18)11-7-12-4-5-13(8-11)21(12,19)20/h1-3,6,11-13,15H,4-5,7-8H2. The van der Waals surface area contributed by atoms with Gasteiger partial charge in [0.25, 0.3) is 6.43 Å². The summed E-state index contributed by atoms with van der Waals surface area (Å²) in [5.74, 6) is -0.566. The van der Waals surface area contributed by atoms with Crippen LogP contribution in [-0.2, 0) is 9.84 Å². The highest BCUT2D eigenvalue weighted by atomic mass is 32.2. The van der Waals surface area contributed by atoms with Crippen LogP contribution in [0.1, 0.15) is 48.0 Å². The quantitative estimate of drug-likeness (QED) is 0.805. The summed E-state index contributed by atoms with van der Waals surface area (Å²) in [4.78, 5) is 12.5. The minimum Gasteiger partial charge on any atom is -0.294 e. The summed E-state index contributed by atoms with van der Waals surface area (Å²) in [5, 5.41) is -0.855. The fourth-order valence-electron chi connectivity index (χ4n) is 3.48. The molecule has 0 spiro atoms. The highest BCUT2D eigenvalue weighted by Crippen LogP contribution is 2.42. The van der Waals surface area contributed by atoms with Gasteiger partial charge in [-0.15, -0.1) is 0 Å². The number of benzene rings is 1. The molecule has 0 N–H and O–H groups in total. The normalized spacial score (nSPS) is 30.5. The fourth-order valence-corrected chi connectivity index (χ4v) is 5.96. The topological polar surface area (TPSA) is 51.2 Å². The van der Waals surface area contributed by atoms with Gasteiger partial charge in [-0.05, 0) is 31.7 Å². The second kappa shape index (κ2) is 5.16. The highest BCUT2D eigenvalue weighted by molar-refractivity contribution is 7.93. The van der Waals surface area contributed by atoms with Crippen LogP contribution in [-0.4, -0.2) is 24.7 Å². The molecule has 2 bridgehead atoms. The van der Waals surface area contributed by atoms with Crippen LogP contribution in [0.3, 0.4) is 0 Å². The van der Waals surface area contributed by atoms with Crippen LogP contribution in [0.15, 0.2) is 24.3 Å². The molecule has 114 valence electrons. The van der Waals surface area contributed by atoms with E-state index in [1.54, 1.807) is 0 Å². The van der Waals surface area contributed by atoms with Gasteiger partial charge in [0.15, 0.2) is 15.6 Å². The average molecular weight is 314 g/mol. The molecule has 2 unspecified atom stereocenters. The molecule has 2 fully saturated rings. The number of alkyl halides is 2. The largest absolute Gasteiger partial charge is 0.294 e. The Kier molecular flexibility index (Phi) is 3.59. The van der Waals surface area contributed by atoms with Gasteiger partial charge in [0.05, 0.1) is 10.5 Å². The van der Waals surface area contributed by atoms with Gasteiger partial charge in [-0.25, -0.2) is 17.2 Å². The number of ketones is 1. The maximum Gasteiger partial charge on any atom is 0.263 e. The van der Waals surface area contributed by atoms with E-state index in [1.165, 1.54) is 24.3 Å². The van der Waals surface area contributed by atoms with E-state index in [9.17, 15) is 22.0 Å². The summed E-state index contributed by atoms with van der Waals surface area (Å²) in [6.07, 6.45) is -0.713. The van der Waals surface area contributed by atoms with Crippen LogP contribution < -0.4 is 0 Å². The van der Waals surface area contributed by atoms with Crippen molar-refractivity contribution in [3.63, 3.8) is 0 Å². The molecule has 2 atom stereocenters. The number of hydrogen-bond acceptors (Lipinski definition) is 3. The van der Waals surface area contributed by atoms with Gasteiger partial charge in [-0.2, -0.15) is 0 Å². The molecule has 0 amide bonds. The molecule has 2 aliphatic heterocycles. The van der Waals surface area contributed by atoms with E-state index in [-0.39, 0.29) is 22.8 Å². The first-order valence-electron chi connectivity index (χ1n) is 7.04. The number of Topliss-reactive ketones (excluding diaryl/α,β-unsaturated/α-hetero) is 1. The van der Waals surface area contributed by atoms with Crippen molar-refractivity contribution in [2.24, 2.45) is 5.92 Å². The van der Waals surface area contributed by atoms with Crippen molar-refractivity contribution in [3.05, 3.63) is 35.4 Å². The first kappa shape index (κ1) is 14.6. The lowest BCUT2D eigenvalue weighted by atomic mass is 9.90. The first-order valence-corrected chi connectivity index (χ1v) is 8.65. The molecule has 1 aromatic rings. The van der Waals surface area contributed by atoms with Gasteiger partial charge in [0.1, 0.15) is 0 Å². The zero-order valence-corrected chi connectivity index (χ0v) is 12.2. The Labute approximate surface area is 122 Å². The number of carbonyl (C=O) groups excluding carboxylic acids is 1. The Morgan fingerprint density at radius 1 is 1.14 bits per heavy atom. The number of hydrogen-bond donors (Lipinski definition) is 0. The van der Waals surface area contributed by atoms with Crippen molar-refractivity contribution >= 4 is 15.6 Å². The first-order chi connectivity index (χ1) is 9.89. The highest BCUT2D eigenvalue weighted by Gasteiger charge is 2.48. The Balaban J connectivity index is 1.83. The third-order valence-corrected chi connectivity index (χ3v) is 7.34. The average Bonchev–Trinajstić information content (AvgIpc) is 2.66. The Morgan fingerprint density at radius 2 is 1.76 bits per heavy atom. The Morgan fingerprint density at radius 3 is 2.33 bits per heavy atom. The van der Waals surface area contributed by atoms with Crippen LogP contribution in [0, 0.1) is 5.92 Å². The van der Waals surface area contributed by atoms with Crippen molar-refractivity contribution < 1.29 is 22.0 Å². The van der Waals surface area contributed by atoms with E-state index in [2.05, 4.69) is 0 Å². The summed E-state index contributed by atoms with van der Waals surface area (Å²) in [7, 11) is -3.07. The van der Waals surface area contributed by atoms with Gasteiger partial charge in [-0.3, -0.25) is 4.79 Å². The van der Waals surface area contributed by atoms with E-state index in [0.717, 1.165) is 0 Å². The molecule has 21 heavy (non-hydrogen) atoms. The number of sulfone groups is 1. The number of fused-ring (bicyclic) bond motifs is 2. The summed E-state index contributed by atoms with van der Waals surface area (Å²) in [6, 6.07) is 5.48. The predicted molar refractivity (Wildman–Crippen MR) is 74.2 cm³/mol. The van der Waals surface area contributed by atoms with Gasteiger partial charge in [0, 0.05) is 17.0 Å². The molecule has 0 aliphatic carbocycles. The molecule has 2 aliphatic rings. The van der Waals surface area contributed by atoms with Crippen LogP contribution >= 0.6 is 0 Å². The second-order valence-electron chi connectivity index (χ2n) is 5.87. The molecular formula is C15H16F2O3S. The monoisotopic (exact) mass is 314 g/mol. The van der Waals surface area contributed by atoms with E-state index in [1.807, 2.05) is 0 Å². The lowest BCUT2D eigenvalue weighted by Gasteiger charge is -2.27. The molecule has 0 radical (unpaired) electrons. The maximum absolute atomic E-state index is 12.7. The SMILES string of the molecule is O=C(c1cccc(C(F)F)c1)C1CC2CCC(C1)S2(=O)=O. The summed E-state index contributed by atoms with van der Waals surface area (Å²) < 4.78 is 49.4. The summed E-state index contributed by atoms with van der Waals surface area (Å²) in [5.41, 5.74) is 0.0868. The molecule has 0 saturated carbocycles. The Hall–Kier alpha value is -1.30. The van der Waals surface area contributed by atoms with Crippen LogP contribution in [0.25, 0.3) is 0 Å². The minimum atomic E-state index is -3.07. The van der Waals surface area contributed by atoms with Gasteiger partial charge >= 0.3 is 0 Å². The van der Waals surface area contributed by atoms with Crippen molar-refractivity contribution in [3.8, 4) is 0 Å². The van der Waals surface area contributed by atoms with Crippen LogP contribution in [0.5, 0.6) is 0 Å². The minimum absolute atomic E-state index is 0.174. The third kappa shape index (κ3) is 2.50. The number of rotatable bonds is 3. The lowest BCUT2D eigenvalue weighted by molar-refractivity contribution is 0.0905. The molecule has 2 heterocycles. The van der Waals surface area contributed by atoms with E-state index >= 15 is 0 Å². The summed E-state index contributed by atoms with van der Waals surface area (Å²) in [6.45, 7) is 0. The maximum atomic E-state index is 12.7.